The smallest absolute Gasteiger partial charge is 0.280 e. The fraction of sp³-hybridized carbons (Fsp3) is 0.263. The van der Waals surface area contributed by atoms with Gasteiger partial charge in [-0.15, -0.1) is 0 Å². The summed E-state index contributed by atoms with van der Waals surface area (Å²) in [7, 11) is 0. The van der Waals surface area contributed by atoms with Crippen molar-refractivity contribution in [2.24, 2.45) is 0 Å². The number of aromatic nitrogens is 1. The van der Waals surface area contributed by atoms with Crippen LogP contribution in [0.4, 0.5) is 8.78 Å². The summed E-state index contributed by atoms with van der Waals surface area (Å²) in [6.07, 6.45) is -3.57. The van der Waals surface area contributed by atoms with Gasteiger partial charge in [-0.2, -0.15) is 0 Å². The number of hydrogen-bond donors (Lipinski definition) is 1. The van der Waals surface area contributed by atoms with Gasteiger partial charge in [0.15, 0.2) is 11.2 Å². The van der Waals surface area contributed by atoms with Crippen LogP contribution in [0.1, 0.15) is 41.8 Å². The van der Waals surface area contributed by atoms with Crippen LogP contribution in [0.15, 0.2) is 39.5 Å². The van der Waals surface area contributed by atoms with Gasteiger partial charge >= 0.3 is 0 Å². The highest BCUT2D eigenvalue weighted by atomic mass is 19.3. The molecule has 0 aliphatic rings. The van der Waals surface area contributed by atoms with Crippen molar-refractivity contribution >= 4 is 11.0 Å². The van der Waals surface area contributed by atoms with Crippen LogP contribution < -0.4 is 5.43 Å². The predicted molar refractivity (Wildman–Crippen MR) is 90.8 cm³/mol. The van der Waals surface area contributed by atoms with E-state index in [1.165, 1.54) is 18.2 Å². The number of aliphatic hydroxyl groups excluding tert-OH is 1. The van der Waals surface area contributed by atoms with Gasteiger partial charge in [0.05, 0.1) is 11.5 Å². The number of aliphatic hydroxyl groups is 1. The summed E-state index contributed by atoms with van der Waals surface area (Å²) in [5, 5.41) is 10.4. The van der Waals surface area contributed by atoms with E-state index in [1.54, 1.807) is 26.0 Å². The van der Waals surface area contributed by atoms with Gasteiger partial charge in [-0.1, -0.05) is 6.07 Å². The fourth-order valence-electron chi connectivity index (χ4n) is 2.82. The Bertz CT molecular complexity index is 1010. The maximum Gasteiger partial charge on any atom is 0.280 e. The fourth-order valence-corrected chi connectivity index (χ4v) is 2.82. The van der Waals surface area contributed by atoms with Crippen molar-refractivity contribution in [2.45, 2.75) is 33.3 Å². The summed E-state index contributed by atoms with van der Waals surface area (Å²) in [6, 6.07) is 7.59. The number of alkyl halides is 2. The van der Waals surface area contributed by atoms with E-state index in [4.69, 9.17) is 4.42 Å². The van der Waals surface area contributed by atoms with Gasteiger partial charge in [-0.05, 0) is 50.6 Å². The molecule has 0 saturated heterocycles. The molecular formula is C19H17F2NO3. The Morgan fingerprint density at radius 3 is 2.56 bits per heavy atom. The molecule has 0 aliphatic carbocycles. The molecule has 0 bridgehead atoms. The standard InChI is InChI=1S/C19H17F2NO3/c1-9-7-12(11(3)23)18-13(8-9)16(24)10(2)17(25-18)14-5-4-6-15(22-14)19(20)21/h4-8,11,19,23H,1-3H3/t11-/m1/s1. The molecule has 25 heavy (non-hydrogen) atoms. The van der Waals surface area contributed by atoms with Crippen LogP contribution in [0.25, 0.3) is 22.4 Å². The van der Waals surface area contributed by atoms with Crippen LogP contribution >= 0.6 is 0 Å². The normalized spacial score (nSPS) is 12.8. The van der Waals surface area contributed by atoms with Crippen molar-refractivity contribution in [1.82, 2.24) is 4.98 Å². The molecule has 0 spiro atoms. The minimum Gasteiger partial charge on any atom is -0.453 e. The van der Waals surface area contributed by atoms with Gasteiger partial charge < -0.3 is 9.52 Å². The first-order valence-electron chi connectivity index (χ1n) is 7.81. The summed E-state index contributed by atoms with van der Waals surface area (Å²) >= 11 is 0. The van der Waals surface area contributed by atoms with E-state index < -0.39 is 12.5 Å². The predicted octanol–water partition coefficient (Wildman–Crippen LogP) is 4.46. The molecule has 0 saturated carbocycles. The van der Waals surface area contributed by atoms with E-state index in [1.807, 2.05) is 6.92 Å². The van der Waals surface area contributed by atoms with Crippen LogP contribution in [0.2, 0.25) is 0 Å². The zero-order valence-electron chi connectivity index (χ0n) is 14.0. The Hall–Kier alpha value is -2.60. The van der Waals surface area contributed by atoms with Gasteiger partial charge in [-0.3, -0.25) is 4.79 Å². The van der Waals surface area contributed by atoms with Gasteiger partial charge in [0, 0.05) is 11.1 Å². The number of rotatable bonds is 3. The number of benzene rings is 1. The van der Waals surface area contributed by atoms with Crippen LogP contribution in [-0.4, -0.2) is 10.1 Å². The number of nitrogens with zero attached hydrogens (tertiary/aromatic N) is 1. The Balaban J connectivity index is 2.36. The number of aryl methyl sites for hydroxylation is 1. The van der Waals surface area contributed by atoms with E-state index in [2.05, 4.69) is 4.98 Å². The summed E-state index contributed by atoms with van der Waals surface area (Å²) < 4.78 is 31.7. The largest absolute Gasteiger partial charge is 0.453 e. The Morgan fingerprint density at radius 1 is 1.20 bits per heavy atom. The van der Waals surface area contributed by atoms with Gasteiger partial charge in [-0.25, -0.2) is 13.8 Å². The number of hydrogen-bond acceptors (Lipinski definition) is 4. The molecule has 3 aromatic rings. The van der Waals surface area contributed by atoms with Crippen LogP contribution in [0.3, 0.4) is 0 Å². The molecule has 2 heterocycles. The molecule has 1 atom stereocenters. The first kappa shape index (κ1) is 17.2. The third kappa shape index (κ3) is 3.05. The van der Waals surface area contributed by atoms with E-state index >= 15 is 0 Å². The zero-order chi connectivity index (χ0) is 18.3. The molecule has 6 heteroatoms. The molecule has 1 aromatic carbocycles. The number of pyridine rings is 1. The summed E-state index contributed by atoms with van der Waals surface area (Å²) in [5.41, 5.74) is 1.32. The number of halogens is 2. The molecule has 0 amide bonds. The zero-order valence-corrected chi connectivity index (χ0v) is 14.0. The molecule has 2 aromatic heterocycles. The highest BCUT2D eigenvalue weighted by Gasteiger charge is 2.19. The summed E-state index contributed by atoms with van der Waals surface area (Å²) in [5.74, 6) is 0.130. The second kappa shape index (κ2) is 6.37. The Morgan fingerprint density at radius 2 is 1.92 bits per heavy atom. The highest BCUT2D eigenvalue weighted by Crippen LogP contribution is 2.30. The lowest BCUT2D eigenvalue weighted by molar-refractivity contribution is 0.146. The van der Waals surface area contributed by atoms with Crippen molar-refractivity contribution in [3.05, 3.63) is 62.9 Å². The average Bonchev–Trinajstić information content (AvgIpc) is 2.57. The third-order valence-corrected chi connectivity index (χ3v) is 4.07. The maximum absolute atomic E-state index is 12.9. The molecule has 0 unspecified atom stereocenters. The van der Waals surface area contributed by atoms with Crippen LogP contribution in [0.5, 0.6) is 0 Å². The van der Waals surface area contributed by atoms with E-state index in [0.717, 1.165) is 5.56 Å². The van der Waals surface area contributed by atoms with Gasteiger partial charge in [0.2, 0.25) is 0 Å². The lowest BCUT2D eigenvalue weighted by atomic mass is 10.0. The second-order valence-electron chi connectivity index (χ2n) is 6.04. The number of fused-ring (bicyclic) bond motifs is 1. The molecule has 0 radical (unpaired) electrons. The van der Waals surface area contributed by atoms with Crippen LogP contribution in [-0.2, 0) is 0 Å². The molecule has 130 valence electrons. The maximum atomic E-state index is 12.9. The molecule has 3 rings (SSSR count). The molecule has 1 N–H and O–H groups in total. The Labute approximate surface area is 142 Å². The monoisotopic (exact) mass is 345 g/mol. The van der Waals surface area contributed by atoms with Crippen molar-refractivity contribution in [3.63, 3.8) is 0 Å². The SMILES string of the molecule is Cc1cc([C@@H](C)O)c2oc(-c3cccc(C(F)F)n3)c(C)c(=O)c2c1. The average molecular weight is 345 g/mol. The molecule has 0 aliphatic heterocycles. The van der Waals surface area contributed by atoms with Gasteiger partial charge in [0.1, 0.15) is 17.0 Å². The summed E-state index contributed by atoms with van der Waals surface area (Å²) in [4.78, 5) is 16.6. The highest BCUT2D eigenvalue weighted by molar-refractivity contribution is 5.83. The second-order valence-corrected chi connectivity index (χ2v) is 6.04. The Kier molecular flexibility index (Phi) is 4.39. The van der Waals surface area contributed by atoms with Crippen molar-refractivity contribution in [2.75, 3.05) is 0 Å². The minimum atomic E-state index is -2.72. The van der Waals surface area contributed by atoms with Crippen molar-refractivity contribution < 1.29 is 18.3 Å². The summed E-state index contributed by atoms with van der Waals surface area (Å²) in [6.45, 7) is 4.97. The molecular weight excluding hydrogens is 328 g/mol. The van der Waals surface area contributed by atoms with Gasteiger partial charge in [0.25, 0.3) is 6.43 Å². The first-order valence-corrected chi connectivity index (χ1v) is 7.81. The van der Waals surface area contributed by atoms with E-state index in [0.29, 0.717) is 10.9 Å². The lowest BCUT2D eigenvalue weighted by Crippen LogP contribution is -2.10. The van der Waals surface area contributed by atoms with Crippen molar-refractivity contribution in [3.8, 4) is 11.5 Å². The molecule has 0 fully saturated rings. The third-order valence-electron chi connectivity index (χ3n) is 4.07. The van der Waals surface area contributed by atoms with Crippen LogP contribution in [0, 0.1) is 13.8 Å². The lowest BCUT2D eigenvalue weighted by Gasteiger charge is -2.13. The molecule has 4 nitrogen and oxygen atoms in total. The topological polar surface area (TPSA) is 63.3 Å². The van der Waals surface area contributed by atoms with E-state index in [-0.39, 0.29) is 33.7 Å². The van der Waals surface area contributed by atoms with E-state index in [9.17, 15) is 18.7 Å². The quantitative estimate of drug-likeness (QED) is 0.761. The minimum absolute atomic E-state index is 0.130. The van der Waals surface area contributed by atoms with Crippen molar-refractivity contribution in [1.29, 1.82) is 0 Å². The first-order chi connectivity index (χ1) is 11.8.